The Hall–Kier alpha value is -2.20. The standard InChI is InChI=1S/C15H12ClNO3/c1-8-9(2)13(18)7-6-12(8)17-14-10(15(19)20)4-3-5-11(14)16/h3-7H,1-2H3,(H,19,20). The van der Waals surface area contributed by atoms with Gasteiger partial charge in [0, 0.05) is 5.57 Å². The molecular formula is C15H12ClNO3. The molecule has 0 spiro atoms. The van der Waals surface area contributed by atoms with Crippen LogP contribution in [-0.2, 0) is 4.79 Å². The number of carboxylic acids is 1. The highest BCUT2D eigenvalue weighted by Gasteiger charge is 2.17. The number of allylic oxidation sites excluding steroid dienone is 4. The molecule has 1 aliphatic rings. The van der Waals surface area contributed by atoms with E-state index in [-0.39, 0.29) is 22.1 Å². The number of nitrogens with zero attached hydrogens (tertiary/aromatic N) is 1. The molecule has 4 nitrogen and oxygen atoms in total. The number of hydrogen-bond donors (Lipinski definition) is 1. The largest absolute Gasteiger partial charge is 0.478 e. The average Bonchev–Trinajstić information content (AvgIpc) is 2.41. The van der Waals surface area contributed by atoms with Crippen molar-refractivity contribution in [3.8, 4) is 0 Å². The van der Waals surface area contributed by atoms with Crippen molar-refractivity contribution < 1.29 is 14.7 Å². The first kappa shape index (κ1) is 14.2. The average molecular weight is 290 g/mol. The molecule has 102 valence electrons. The van der Waals surface area contributed by atoms with Gasteiger partial charge in [-0.2, -0.15) is 0 Å². The van der Waals surface area contributed by atoms with Crippen LogP contribution in [0.25, 0.3) is 0 Å². The lowest BCUT2D eigenvalue weighted by Gasteiger charge is -2.12. The monoisotopic (exact) mass is 289 g/mol. The van der Waals surface area contributed by atoms with E-state index in [0.717, 1.165) is 0 Å². The van der Waals surface area contributed by atoms with Crippen molar-refractivity contribution in [1.29, 1.82) is 0 Å². The van der Waals surface area contributed by atoms with Crippen LogP contribution >= 0.6 is 11.6 Å². The fourth-order valence-corrected chi connectivity index (χ4v) is 2.04. The van der Waals surface area contributed by atoms with E-state index in [1.165, 1.54) is 12.1 Å². The summed E-state index contributed by atoms with van der Waals surface area (Å²) in [6, 6.07) is 4.58. The fourth-order valence-electron chi connectivity index (χ4n) is 1.82. The van der Waals surface area contributed by atoms with Crippen molar-refractivity contribution in [2.24, 2.45) is 4.99 Å². The molecule has 0 saturated heterocycles. The SMILES string of the molecule is CC1=C(C)C(=Nc2c(Cl)cccc2C(=O)O)C=CC1=O. The summed E-state index contributed by atoms with van der Waals surface area (Å²) in [6.45, 7) is 3.48. The fraction of sp³-hybridized carbons (Fsp3) is 0.133. The molecule has 1 aromatic carbocycles. The summed E-state index contributed by atoms with van der Waals surface area (Å²) in [5.41, 5.74) is 2.07. The number of halogens is 1. The maximum absolute atomic E-state index is 11.5. The van der Waals surface area contributed by atoms with Crippen LogP contribution < -0.4 is 0 Å². The van der Waals surface area contributed by atoms with Gasteiger partial charge in [-0.05, 0) is 43.7 Å². The van der Waals surface area contributed by atoms with Crippen molar-refractivity contribution in [3.63, 3.8) is 0 Å². The van der Waals surface area contributed by atoms with Gasteiger partial charge in [0.25, 0.3) is 0 Å². The Morgan fingerprint density at radius 3 is 2.55 bits per heavy atom. The van der Waals surface area contributed by atoms with E-state index < -0.39 is 5.97 Å². The second-order valence-electron chi connectivity index (χ2n) is 4.39. The molecule has 0 unspecified atom stereocenters. The smallest absolute Gasteiger partial charge is 0.337 e. The summed E-state index contributed by atoms with van der Waals surface area (Å²) in [5, 5.41) is 9.43. The lowest BCUT2D eigenvalue weighted by molar-refractivity contribution is -0.111. The zero-order valence-electron chi connectivity index (χ0n) is 11.0. The minimum absolute atomic E-state index is 0.0285. The van der Waals surface area contributed by atoms with E-state index in [1.807, 2.05) is 0 Å². The van der Waals surface area contributed by atoms with Gasteiger partial charge in [-0.3, -0.25) is 4.79 Å². The summed E-state index contributed by atoms with van der Waals surface area (Å²) in [4.78, 5) is 27.0. The van der Waals surface area contributed by atoms with Gasteiger partial charge in [-0.25, -0.2) is 9.79 Å². The molecule has 0 aliphatic heterocycles. The van der Waals surface area contributed by atoms with Gasteiger partial charge in [0.1, 0.15) is 0 Å². The second-order valence-corrected chi connectivity index (χ2v) is 4.79. The molecule has 1 aliphatic carbocycles. The number of benzene rings is 1. The van der Waals surface area contributed by atoms with Crippen molar-refractivity contribution in [2.45, 2.75) is 13.8 Å². The Bertz CT molecular complexity index is 699. The van der Waals surface area contributed by atoms with Crippen LogP contribution in [0.2, 0.25) is 5.02 Å². The molecule has 0 bridgehead atoms. The van der Waals surface area contributed by atoms with Gasteiger partial charge < -0.3 is 5.11 Å². The normalized spacial score (nSPS) is 16.9. The van der Waals surface area contributed by atoms with Gasteiger partial charge in [0.2, 0.25) is 0 Å². The zero-order chi connectivity index (χ0) is 14.9. The molecule has 0 saturated carbocycles. The highest BCUT2D eigenvalue weighted by molar-refractivity contribution is 6.34. The van der Waals surface area contributed by atoms with Crippen LogP contribution in [0.4, 0.5) is 5.69 Å². The van der Waals surface area contributed by atoms with Gasteiger partial charge >= 0.3 is 5.97 Å². The lowest BCUT2D eigenvalue weighted by atomic mass is 9.97. The van der Waals surface area contributed by atoms with Gasteiger partial charge in [0.05, 0.1) is 22.0 Å². The van der Waals surface area contributed by atoms with Crippen LogP contribution in [0.15, 0.2) is 46.5 Å². The summed E-state index contributed by atoms with van der Waals surface area (Å²) in [5.74, 6) is -1.17. The summed E-state index contributed by atoms with van der Waals surface area (Å²) in [7, 11) is 0. The quantitative estimate of drug-likeness (QED) is 0.846. The first-order valence-corrected chi connectivity index (χ1v) is 6.30. The number of aromatic carboxylic acids is 1. The van der Waals surface area contributed by atoms with Gasteiger partial charge in [-0.1, -0.05) is 17.7 Å². The first-order chi connectivity index (χ1) is 9.41. The Balaban J connectivity index is 2.60. The molecule has 1 N–H and O–H groups in total. The molecule has 0 fully saturated rings. The molecule has 0 atom stereocenters. The van der Waals surface area contributed by atoms with Gasteiger partial charge in [0.15, 0.2) is 5.78 Å². The highest BCUT2D eigenvalue weighted by atomic mass is 35.5. The van der Waals surface area contributed by atoms with Gasteiger partial charge in [-0.15, -0.1) is 0 Å². The number of ketones is 1. The van der Waals surface area contributed by atoms with Crippen LogP contribution in [0.5, 0.6) is 0 Å². The van der Waals surface area contributed by atoms with Crippen LogP contribution in [0.3, 0.4) is 0 Å². The van der Waals surface area contributed by atoms with Crippen LogP contribution in [-0.4, -0.2) is 22.6 Å². The molecule has 1 aromatic rings. The Morgan fingerprint density at radius 1 is 1.20 bits per heavy atom. The number of carbonyl (C=O) groups is 2. The van der Waals surface area contributed by atoms with E-state index in [0.29, 0.717) is 16.9 Å². The molecule has 5 heteroatoms. The molecule has 0 aromatic heterocycles. The predicted molar refractivity (Wildman–Crippen MR) is 78.0 cm³/mol. The summed E-state index contributed by atoms with van der Waals surface area (Å²) in [6.07, 6.45) is 2.98. The maximum Gasteiger partial charge on any atom is 0.337 e. The van der Waals surface area contributed by atoms with Crippen molar-refractivity contribution in [3.05, 3.63) is 52.1 Å². The predicted octanol–water partition coefficient (Wildman–Crippen LogP) is 3.59. The Morgan fingerprint density at radius 2 is 1.90 bits per heavy atom. The number of carbonyl (C=O) groups excluding carboxylic acids is 1. The topological polar surface area (TPSA) is 66.7 Å². The van der Waals surface area contributed by atoms with E-state index >= 15 is 0 Å². The number of carboxylic acid groups (broad SMARTS) is 1. The molecule has 2 rings (SSSR count). The van der Waals surface area contributed by atoms with Crippen LogP contribution in [0, 0.1) is 0 Å². The van der Waals surface area contributed by atoms with Crippen molar-refractivity contribution in [2.75, 3.05) is 0 Å². The van der Waals surface area contributed by atoms with E-state index in [2.05, 4.69) is 4.99 Å². The third-order valence-corrected chi connectivity index (χ3v) is 3.46. The van der Waals surface area contributed by atoms with E-state index in [9.17, 15) is 9.59 Å². The molecule has 0 radical (unpaired) electrons. The Kier molecular flexibility index (Phi) is 3.86. The molecule has 20 heavy (non-hydrogen) atoms. The van der Waals surface area contributed by atoms with E-state index in [4.69, 9.17) is 16.7 Å². The number of para-hydroxylation sites is 1. The summed E-state index contributed by atoms with van der Waals surface area (Å²) < 4.78 is 0. The molecular weight excluding hydrogens is 278 g/mol. The second kappa shape index (κ2) is 5.43. The number of rotatable bonds is 2. The minimum Gasteiger partial charge on any atom is -0.478 e. The molecule has 0 amide bonds. The van der Waals surface area contributed by atoms with Crippen molar-refractivity contribution in [1.82, 2.24) is 0 Å². The summed E-state index contributed by atoms with van der Waals surface area (Å²) >= 11 is 6.03. The van der Waals surface area contributed by atoms with Crippen molar-refractivity contribution >= 4 is 34.8 Å². The third kappa shape index (κ3) is 2.56. The lowest BCUT2D eigenvalue weighted by Crippen LogP contribution is -2.11. The Labute approximate surface area is 121 Å². The highest BCUT2D eigenvalue weighted by Crippen LogP contribution is 2.30. The number of hydrogen-bond acceptors (Lipinski definition) is 3. The third-order valence-electron chi connectivity index (χ3n) is 3.16. The maximum atomic E-state index is 11.5. The first-order valence-electron chi connectivity index (χ1n) is 5.92. The van der Waals surface area contributed by atoms with E-state index in [1.54, 1.807) is 32.1 Å². The number of aliphatic imine (C=N–C) groups is 1. The zero-order valence-corrected chi connectivity index (χ0v) is 11.7. The minimum atomic E-state index is -1.10. The van der Waals surface area contributed by atoms with Crippen LogP contribution in [0.1, 0.15) is 24.2 Å². The molecule has 0 heterocycles.